The molecule has 1 aromatic heterocycles. The maximum absolute atomic E-state index is 14.8. The van der Waals surface area contributed by atoms with Crippen molar-refractivity contribution in [3.8, 4) is 0 Å². The van der Waals surface area contributed by atoms with Gasteiger partial charge in [0, 0.05) is 17.0 Å². The monoisotopic (exact) mass is 710 g/mol. The molecule has 5 aliphatic rings. The molecule has 5 fully saturated rings. The highest BCUT2D eigenvalue weighted by atomic mass is 16.5. The number of nitrogens with one attached hydrogen (secondary N) is 1. The second kappa shape index (κ2) is 12.4. The Hall–Kier alpha value is -3.22. The molecule has 0 aliphatic heterocycles. The number of aromatic nitrogens is 1. The molecule has 52 heavy (non-hydrogen) atoms. The Morgan fingerprint density at radius 3 is 2.35 bits per heavy atom. The van der Waals surface area contributed by atoms with E-state index < -0.39 is 22.8 Å². The molecule has 1 aromatic carbocycles. The molecule has 5 aliphatic carbocycles. The van der Waals surface area contributed by atoms with Gasteiger partial charge in [-0.25, -0.2) is 0 Å². The lowest BCUT2D eigenvalue weighted by atomic mass is 9.32. The lowest BCUT2D eigenvalue weighted by molar-refractivity contribution is -0.249. The molecule has 2 N–H and O–H groups in total. The van der Waals surface area contributed by atoms with E-state index in [-0.39, 0.29) is 46.0 Å². The molecule has 0 saturated heterocycles. The van der Waals surface area contributed by atoms with Crippen molar-refractivity contribution in [2.75, 3.05) is 5.32 Å². The topological polar surface area (TPSA) is 106 Å². The number of carboxylic acids is 1. The minimum Gasteiger partial charge on any atom is -0.481 e. The molecule has 7 heteroatoms. The van der Waals surface area contributed by atoms with Gasteiger partial charge in [-0.1, -0.05) is 65.0 Å². The number of nitrogens with zero attached hydrogens (tertiary/aromatic N) is 1. The average molecular weight is 711 g/mol. The lowest BCUT2D eigenvalue weighted by Gasteiger charge is -2.72. The molecule has 0 radical (unpaired) electrons. The van der Waals surface area contributed by atoms with Crippen LogP contribution in [0.25, 0.3) is 10.9 Å². The molecule has 282 valence electrons. The first kappa shape index (κ1) is 37.1. The third-order valence-corrected chi connectivity index (χ3v) is 16.8. The Labute approximate surface area is 311 Å². The van der Waals surface area contributed by atoms with Gasteiger partial charge in [0.05, 0.1) is 28.5 Å². The minimum atomic E-state index is -1.15. The van der Waals surface area contributed by atoms with Gasteiger partial charge >= 0.3 is 11.9 Å². The van der Waals surface area contributed by atoms with Gasteiger partial charge in [-0.15, -0.1) is 0 Å². The largest absolute Gasteiger partial charge is 0.481 e. The maximum Gasteiger partial charge on any atom is 0.309 e. The van der Waals surface area contributed by atoms with Crippen LogP contribution in [0.4, 0.5) is 5.69 Å². The number of carbonyl (C=O) groups excluding carboxylic acids is 2. The fourth-order valence-electron chi connectivity index (χ4n) is 13.8. The summed E-state index contributed by atoms with van der Waals surface area (Å²) in [5.74, 6) is 0.754. The number of benzene rings is 1. The number of anilines is 1. The molecule has 9 unspecified atom stereocenters. The first-order valence-corrected chi connectivity index (χ1v) is 20.1. The Kier molecular flexibility index (Phi) is 8.86. The molecule has 1 amide bonds. The van der Waals surface area contributed by atoms with Gasteiger partial charge in [0.25, 0.3) is 0 Å². The molecule has 0 bridgehead atoms. The molecule has 10 atom stereocenters. The third kappa shape index (κ3) is 5.32. The van der Waals surface area contributed by atoms with E-state index in [4.69, 9.17) is 4.74 Å². The van der Waals surface area contributed by atoms with Gasteiger partial charge in [-0.2, -0.15) is 0 Å². The number of carboxylic acid groups (broad SMARTS) is 1. The van der Waals surface area contributed by atoms with E-state index in [1.807, 2.05) is 18.2 Å². The van der Waals surface area contributed by atoms with Crippen LogP contribution in [0.15, 0.2) is 48.7 Å². The summed E-state index contributed by atoms with van der Waals surface area (Å²) >= 11 is 0. The van der Waals surface area contributed by atoms with Crippen LogP contribution in [0.3, 0.4) is 0 Å². The smallest absolute Gasteiger partial charge is 0.309 e. The van der Waals surface area contributed by atoms with Gasteiger partial charge in [0.15, 0.2) is 0 Å². The Bertz CT molecular complexity index is 1790. The number of ether oxygens (including phenoxy) is 1. The number of pyridine rings is 1. The molecule has 0 spiro atoms. The number of rotatable bonds is 7. The van der Waals surface area contributed by atoms with E-state index in [0.717, 1.165) is 80.8 Å². The number of amides is 1. The number of para-hydroxylation sites is 1. The SMILES string of the molecule is C=C(C)C1CCC2(C(=O)Nc3cccc4cccnc34)CC[C@]3(C)C(CCC4C5(C)CCC(OC(=O)CC(C)(C)C(=O)O)C(C)(C)C5CCC43C)C12. The van der Waals surface area contributed by atoms with Crippen LogP contribution < -0.4 is 5.32 Å². The van der Waals surface area contributed by atoms with Gasteiger partial charge < -0.3 is 15.2 Å². The van der Waals surface area contributed by atoms with E-state index in [0.29, 0.717) is 23.7 Å². The van der Waals surface area contributed by atoms with E-state index in [1.165, 1.54) is 5.57 Å². The lowest BCUT2D eigenvalue weighted by Crippen LogP contribution is -2.67. The van der Waals surface area contributed by atoms with Gasteiger partial charge in [0.2, 0.25) is 5.91 Å². The third-order valence-electron chi connectivity index (χ3n) is 16.8. The number of aliphatic carboxylic acids is 1. The average Bonchev–Trinajstić information content (AvgIpc) is 3.48. The fourth-order valence-corrected chi connectivity index (χ4v) is 13.8. The van der Waals surface area contributed by atoms with Crippen LogP contribution in [-0.4, -0.2) is 34.0 Å². The number of carbonyl (C=O) groups is 3. The summed E-state index contributed by atoms with van der Waals surface area (Å²) in [4.78, 5) is 44.3. The molecule has 7 nitrogen and oxygen atoms in total. The second-order valence-corrected chi connectivity index (χ2v) is 19.9. The van der Waals surface area contributed by atoms with Crippen molar-refractivity contribution in [1.29, 1.82) is 0 Å². The zero-order chi connectivity index (χ0) is 37.6. The van der Waals surface area contributed by atoms with E-state index in [2.05, 4.69) is 70.6 Å². The molecular formula is C45H62N2O5. The van der Waals surface area contributed by atoms with E-state index in [1.54, 1.807) is 20.0 Å². The minimum absolute atomic E-state index is 0.0905. The van der Waals surface area contributed by atoms with Crippen LogP contribution in [0, 0.1) is 62.1 Å². The van der Waals surface area contributed by atoms with Crippen molar-refractivity contribution >= 4 is 34.4 Å². The predicted molar refractivity (Wildman–Crippen MR) is 205 cm³/mol. The molecule has 1 heterocycles. The highest BCUT2D eigenvalue weighted by Gasteiger charge is 2.72. The maximum atomic E-state index is 14.8. The van der Waals surface area contributed by atoms with Crippen molar-refractivity contribution in [3.63, 3.8) is 0 Å². The van der Waals surface area contributed by atoms with Crippen LogP contribution in [0.5, 0.6) is 0 Å². The summed E-state index contributed by atoms with van der Waals surface area (Å²) in [5.41, 5.74) is 1.39. The second-order valence-electron chi connectivity index (χ2n) is 19.9. The quantitative estimate of drug-likeness (QED) is 0.219. The summed E-state index contributed by atoms with van der Waals surface area (Å²) in [6, 6.07) is 10.0. The molecular weight excluding hydrogens is 649 g/mol. The first-order chi connectivity index (χ1) is 24.3. The Morgan fingerprint density at radius 1 is 0.904 bits per heavy atom. The normalized spacial score (nSPS) is 39.3. The molecule has 7 rings (SSSR count). The van der Waals surface area contributed by atoms with Gasteiger partial charge in [-0.3, -0.25) is 19.4 Å². The van der Waals surface area contributed by atoms with Crippen molar-refractivity contribution in [2.45, 2.75) is 132 Å². The van der Waals surface area contributed by atoms with Crippen LogP contribution >= 0.6 is 0 Å². The molecule has 5 saturated carbocycles. The van der Waals surface area contributed by atoms with Crippen LogP contribution in [0.2, 0.25) is 0 Å². The van der Waals surface area contributed by atoms with E-state index >= 15 is 0 Å². The highest BCUT2D eigenvalue weighted by molar-refractivity contribution is 6.02. The first-order valence-electron chi connectivity index (χ1n) is 20.1. The standard InChI is InChI=1S/C45H62N2O5/c1-27(2)29-17-22-45(38(49)47-31-14-10-12-28-13-11-25-46-37(28)31)24-23-43(8)30(36(29)45)15-16-33-42(7)20-19-34(52-35(48)26-40(3,4)39(50)51)41(5,6)32(42)18-21-44(33,43)9/h10-14,25,29-30,32-34,36H,1,15-24,26H2,2-9H3,(H,47,49)(H,50,51)/t29?,30?,32?,33?,34?,36?,42?,43-,44?,45?/m1/s1. The summed E-state index contributed by atoms with van der Waals surface area (Å²) < 4.78 is 6.18. The van der Waals surface area contributed by atoms with Crippen molar-refractivity contribution < 1.29 is 24.2 Å². The zero-order valence-corrected chi connectivity index (χ0v) is 32.9. The van der Waals surface area contributed by atoms with Crippen molar-refractivity contribution in [2.24, 2.45) is 62.1 Å². The number of esters is 1. The Morgan fingerprint density at radius 2 is 1.63 bits per heavy atom. The summed E-state index contributed by atoms with van der Waals surface area (Å²) in [6.07, 6.45) is 11.6. The summed E-state index contributed by atoms with van der Waals surface area (Å²) in [7, 11) is 0. The van der Waals surface area contributed by atoms with Crippen LogP contribution in [-0.2, 0) is 19.1 Å². The zero-order valence-electron chi connectivity index (χ0n) is 32.9. The van der Waals surface area contributed by atoms with Gasteiger partial charge in [-0.05, 0) is 143 Å². The number of hydrogen-bond acceptors (Lipinski definition) is 5. The number of allylic oxidation sites excluding steroid dienone is 1. The summed E-state index contributed by atoms with van der Waals surface area (Å²) in [5, 5.41) is 14.1. The van der Waals surface area contributed by atoms with Crippen LogP contribution in [0.1, 0.15) is 126 Å². The predicted octanol–water partition coefficient (Wildman–Crippen LogP) is 10.2. The number of hydrogen-bond donors (Lipinski definition) is 2. The highest BCUT2D eigenvalue weighted by Crippen LogP contribution is 2.77. The molecule has 2 aromatic rings. The van der Waals surface area contributed by atoms with Crippen molar-refractivity contribution in [1.82, 2.24) is 4.98 Å². The van der Waals surface area contributed by atoms with E-state index in [9.17, 15) is 19.5 Å². The Balaban J connectivity index is 1.16. The van der Waals surface area contributed by atoms with Crippen molar-refractivity contribution in [3.05, 3.63) is 48.7 Å². The number of fused-ring (bicyclic) bond motifs is 8. The fraction of sp³-hybridized carbons (Fsp3) is 0.689. The summed E-state index contributed by atoms with van der Waals surface area (Å²) in [6.45, 7) is 22.2. The van der Waals surface area contributed by atoms with Gasteiger partial charge in [0.1, 0.15) is 6.10 Å².